The van der Waals surface area contributed by atoms with Crippen LogP contribution in [0.2, 0.25) is 0 Å². The van der Waals surface area contributed by atoms with Crippen LogP contribution in [0.15, 0.2) is 146 Å². The smallest absolute Gasteiger partial charge is 0.109 e. The predicted octanol–water partition coefficient (Wildman–Crippen LogP) is 9.61. The molecule has 0 bridgehead atoms. The number of hydrogen-bond acceptors (Lipinski definition) is 4. The first-order chi connectivity index (χ1) is 21.5. The molecule has 0 spiro atoms. The minimum atomic E-state index is -2.37. The van der Waals surface area contributed by atoms with Crippen molar-refractivity contribution < 1.29 is 4.57 Å². The lowest BCUT2D eigenvalue weighted by Crippen LogP contribution is -2.02. The number of nitrogens with zero attached hydrogens (tertiary/aromatic N) is 3. The van der Waals surface area contributed by atoms with E-state index in [1.807, 2.05) is 98.4 Å². The van der Waals surface area contributed by atoms with Crippen LogP contribution in [0.1, 0.15) is 0 Å². The second kappa shape index (κ2) is 11.5. The summed E-state index contributed by atoms with van der Waals surface area (Å²) in [6.45, 7) is 3.61. The van der Waals surface area contributed by atoms with E-state index < -0.39 is 7.14 Å². The first-order valence-corrected chi connectivity index (χ1v) is 17.2. The molecule has 0 fully saturated rings. The van der Waals surface area contributed by atoms with Crippen molar-refractivity contribution in [2.45, 2.75) is 0 Å². The molecule has 44 heavy (non-hydrogen) atoms. The molecule has 2 heterocycles. The van der Waals surface area contributed by atoms with Gasteiger partial charge < -0.3 is 4.57 Å². The van der Waals surface area contributed by atoms with Gasteiger partial charge in [0.15, 0.2) is 0 Å². The maximum atomic E-state index is 12.8. The number of hydrogen-bond donors (Lipinski definition) is 0. The molecule has 4 nitrogen and oxygen atoms in total. The third-order valence-electron chi connectivity index (χ3n) is 7.85. The van der Waals surface area contributed by atoms with Gasteiger partial charge in [0.05, 0.1) is 28.3 Å². The molecule has 212 valence electrons. The molecule has 5 heteroatoms. The molecule has 0 radical (unpaired) electrons. The zero-order valence-corrected chi connectivity index (χ0v) is 25.4. The van der Waals surface area contributed by atoms with E-state index in [0.29, 0.717) is 0 Å². The molecule has 0 aliphatic rings. The maximum absolute atomic E-state index is 12.8. The van der Waals surface area contributed by atoms with Crippen molar-refractivity contribution >= 4 is 23.3 Å². The van der Waals surface area contributed by atoms with E-state index in [4.69, 9.17) is 9.97 Å². The normalized spacial score (nSPS) is 11.5. The predicted molar refractivity (Wildman–Crippen MR) is 184 cm³/mol. The van der Waals surface area contributed by atoms with E-state index in [1.165, 1.54) is 0 Å². The lowest BCUT2D eigenvalue weighted by Gasteiger charge is -2.17. The van der Waals surface area contributed by atoms with Gasteiger partial charge in [0.1, 0.15) is 7.14 Å². The van der Waals surface area contributed by atoms with Crippen molar-refractivity contribution in [1.82, 2.24) is 15.0 Å². The first-order valence-electron chi connectivity index (χ1n) is 14.6. The van der Waals surface area contributed by atoms with Gasteiger partial charge in [0.25, 0.3) is 0 Å². The molecule has 7 aromatic rings. The Morgan fingerprint density at radius 1 is 0.477 bits per heavy atom. The highest BCUT2D eigenvalue weighted by atomic mass is 31.2. The van der Waals surface area contributed by atoms with E-state index in [9.17, 15) is 4.57 Å². The summed E-state index contributed by atoms with van der Waals surface area (Å²) in [5.74, 6) is 0. The second-order valence-electron chi connectivity index (χ2n) is 11.2. The van der Waals surface area contributed by atoms with E-state index in [0.717, 1.165) is 72.4 Å². The quantitative estimate of drug-likeness (QED) is 0.182. The Kier molecular flexibility index (Phi) is 7.21. The average Bonchev–Trinajstić information content (AvgIpc) is 3.08. The van der Waals surface area contributed by atoms with Gasteiger partial charge in [-0.1, -0.05) is 121 Å². The van der Waals surface area contributed by atoms with Gasteiger partial charge >= 0.3 is 0 Å². The minimum Gasteiger partial charge on any atom is -0.319 e. The van der Waals surface area contributed by atoms with E-state index >= 15 is 0 Å². The van der Waals surface area contributed by atoms with Crippen molar-refractivity contribution in [2.24, 2.45) is 0 Å². The maximum Gasteiger partial charge on any atom is 0.109 e. The molecule has 7 rings (SSSR count). The molecule has 0 N–H and O–H groups in total. The van der Waals surface area contributed by atoms with Crippen LogP contribution >= 0.6 is 7.14 Å². The summed E-state index contributed by atoms with van der Waals surface area (Å²) >= 11 is 0. The Morgan fingerprint density at radius 3 is 1.66 bits per heavy atom. The topological polar surface area (TPSA) is 55.7 Å². The third-order valence-corrected chi connectivity index (χ3v) is 9.38. The lowest BCUT2D eigenvalue weighted by atomic mass is 9.96. The summed E-state index contributed by atoms with van der Waals surface area (Å²) in [6, 6.07) is 47.1. The minimum absolute atomic E-state index is 0.798. The summed E-state index contributed by atoms with van der Waals surface area (Å²) in [6.07, 6.45) is 1.84. The number of fused-ring (bicyclic) bond motifs is 1. The molecular weight excluding hydrogens is 557 g/mol. The summed E-state index contributed by atoms with van der Waals surface area (Å²) < 4.78 is 12.8. The largest absolute Gasteiger partial charge is 0.319 e. The molecule has 2 aromatic heterocycles. The van der Waals surface area contributed by atoms with Crippen LogP contribution in [-0.4, -0.2) is 28.3 Å². The second-order valence-corrected chi connectivity index (χ2v) is 14.4. The molecule has 5 aromatic carbocycles. The van der Waals surface area contributed by atoms with E-state index in [-0.39, 0.29) is 0 Å². The number of para-hydroxylation sites is 1. The van der Waals surface area contributed by atoms with Crippen molar-refractivity contribution in [2.75, 3.05) is 13.3 Å². The lowest BCUT2D eigenvalue weighted by molar-refractivity contribution is 0.588. The third kappa shape index (κ3) is 5.37. The molecule has 0 aliphatic heterocycles. The SMILES string of the molecule is CP(C)(=O)c1cccc(-c2ccc(-c3nc(-c4ccccc4)c(-c4ccccc4)nc3-c3ccnc4ccccc34)cc2)c1. The monoisotopic (exact) mass is 587 g/mol. The van der Waals surface area contributed by atoms with Crippen LogP contribution in [0.5, 0.6) is 0 Å². The van der Waals surface area contributed by atoms with Gasteiger partial charge in [-0.15, -0.1) is 0 Å². The van der Waals surface area contributed by atoms with Crippen molar-refractivity contribution in [3.63, 3.8) is 0 Å². The Bertz CT molecular complexity index is 2150. The number of aromatic nitrogens is 3. The highest BCUT2D eigenvalue weighted by molar-refractivity contribution is 7.70. The van der Waals surface area contributed by atoms with Crippen molar-refractivity contribution in [1.29, 1.82) is 0 Å². The summed E-state index contributed by atoms with van der Waals surface area (Å²) in [7, 11) is -2.37. The van der Waals surface area contributed by atoms with E-state index in [1.54, 1.807) is 0 Å². The Morgan fingerprint density at radius 2 is 1.00 bits per heavy atom. The van der Waals surface area contributed by atoms with Gasteiger partial charge in [-0.2, -0.15) is 0 Å². The van der Waals surface area contributed by atoms with Crippen LogP contribution in [0.25, 0.3) is 67.1 Å². The van der Waals surface area contributed by atoms with Crippen LogP contribution in [-0.2, 0) is 4.57 Å². The molecular formula is C39H30N3OP. The highest BCUT2D eigenvalue weighted by Gasteiger charge is 2.21. The molecule has 0 amide bonds. The number of rotatable bonds is 6. The molecule has 0 atom stereocenters. The molecule has 0 unspecified atom stereocenters. The molecule has 0 saturated carbocycles. The zero-order chi connectivity index (χ0) is 30.1. The first kappa shape index (κ1) is 27.6. The fourth-order valence-electron chi connectivity index (χ4n) is 5.56. The highest BCUT2D eigenvalue weighted by Crippen LogP contribution is 2.40. The average molecular weight is 588 g/mol. The van der Waals surface area contributed by atoms with Gasteiger partial charge in [0, 0.05) is 39.1 Å². The van der Waals surface area contributed by atoms with Gasteiger partial charge in [-0.25, -0.2) is 9.97 Å². The van der Waals surface area contributed by atoms with Crippen LogP contribution in [0.4, 0.5) is 0 Å². The molecule has 0 aliphatic carbocycles. The van der Waals surface area contributed by atoms with Crippen LogP contribution in [0.3, 0.4) is 0 Å². The van der Waals surface area contributed by atoms with Gasteiger partial charge in [-0.05, 0) is 42.7 Å². The van der Waals surface area contributed by atoms with Gasteiger partial charge in [-0.3, -0.25) is 4.98 Å². The molecule has 0 saturated heterocycles. The fraction of sp³-hybridized carbons (Fsp3) is 0.0513. The van der Waals surface area contributed by atoms with Crippen LogP contribution < -0.4 is 5.30 Å². The number of benzene rings is 5. The number of pyridine rings is 1. The summed E-state index contributed by atoms with van der Waals surface area (Å²) in [5.41, 5.74) is 10.2. The Labute approximate surface area is 257 Å². The summed E-state index contributed by atoms with van der Waals surface area (Å²) in [4.78, 5) is 15.4. The van der Waals surface area contributed by atoms with E-state index in [2.05, 4.69) is 65.6 Å². The summed E-state index contributed by atoms with van der Waals surface area (Å²) in [5, 5.41) is 1.90. The van der Waals surface area contributed by atoms with Crippen LogP contribution in [0, 0.1) is 0 Å². The van der Waals surface area contributed by atoms with Gasteiger partial charge in [0.2, 0.25) is 0 Å². The van der Waals surface area contributed by atoms with Crippen molar-refractivity contribution in [3.8, 4) is 56.2 Å². The Hall–Kier alpha value is -5.18. The Balaban J connectivity index is 1.47. The standard InChI is InChI=1S/C39H30N3OP/c1-44(2,43)32-17-11-16-31(26-32)27-20-22-30(23-21-27)38-39(34-24-25-40-35-19-10-9-18-33(34)35)42-37(29-14-7-4-8-15-29)36(41-38)28-12-5-3-6-13-28/h3-26H,1-2H3. The fourth-order valence-corrected chi connectivity index (χ4v) is 6.46. The van der Waals surface area contributed by atoms with Crippen molar-refractivity contribution in [3.05, 3.63) is 146 Å². The zero-order valence-electron chi connectivity index (χ0n) is 24.6.